The standard InChI is InChI=1S/C17H2F11N/c18-3-1-4(6-8(19)12(23)16(27)13(24)9(6)20)29-5(2-3)7-10(21)14(25)17(28)15(26)11(7)22/h1-2H. The Morgan fingerprint density at radius 3 is 0.897 bits per heavy atom. The molecule has 0 bridgehead atoms. The second kappa shape index (κ2) is 7.01. The molecule has 0 spiro atoms. The third-order valence-electron chi connectivity index (χ3n) is 3.72. The number of rotatable bonds is 2. The van der Waals surface area contributed by atoms with Gasteiger partial charge in [-0.15, -0.1) is 0 Å². The van der Waals surface area contributed by atoms with Gasteiger partial charge in [0.15, 0.2) is 46.5 Å². The maximum atomic E-state index is 13.9. The molecule has 1 aromatic heterocycles. The van der Waals surface area contributed by atoms with Gasteiger partial charge < -0.3 is 0 Å². The van der Waals surface area contributed by atoms with E-state index in [1.165, 1.54) is 0 Å². The lowest BCUT2D eigenvalue weighted by atomic mass is 10.0. The van der Waals surface area contributed by atoms with E-state index in [0.29, 0.717) is 0 Å². The van der Waals surface area contributed by atoms with Crippen LogP contribution in [0.1, 0.15) is 0 Å². The van der Waals surface area contributed by atoms with E-state index in [9.17, 15) is 48.3 Å². The predicted molar refractivity (Wildman–Crippen MR) is 74.6 cm³/mol. The van der Waals surface area contributed by atoms with E-state index in [1.54, 1.807) is 0 Å². The third kappa shape index (κ3) is 3.08. The van der Waals surface area contributed by atoms with Gasteiger partial charge in [0.2, 0.25) is 11.6 Å². The molecule has 0 saturated carbocycles. The summed E-state index contributed by atoms with van der Waals surface area (Å²) in [6.07, 6.45) is 0. The van der Waals surface area contributed by atoms with Crippen molar-refractivity contribution in [1.29, 1.82) is 0 Å². The molecule has 0 saturated heterocycles. The SMILES string of the molecule is Fc1cc(-c2c(F)c(F)c(F)c(F)c2F)nc(-c2c(F)c(F)c(F)c(F)c2F)c1. The second-order valence-corrected chi connectivity index (χ2v) is 5.45. The first-order valence-electron chi connectivity index (χ1n) is 7.18. The summed E-state index contributed by atoms with van der Waals surface area (Å²) in [5, 5.41) is 0. The highest BCUT2D eigenvalue weighted by atomic mass is 19.2. The minimum absolute atomic E-state index is 0.133. The fourth-order valence-corrected chi connectivity index (χ4v) is 2.41. The maximum Gasteiger partial charge on any atom is 0.200 e. The Kier molecular flexibility index (Phi) is 4.97. The third-order valence-corrected chi connectivity index (χ3v) is 3.72. The van der Waals surface area contributed by atoms with Crippen LogP contribution in [0, 0.1) is 64.0 Å². The van der Waals surface area contributed by atoms with E-state index in [2.05, 4.69) is 4.98 Å². The molecule has 12 heteroatoms. The maximum absolute atomic E-state index is 13.9. The molecule has 152 valence electrons. The number of aromatic nitrogens is 1. The number of pyridine rings is 1. The van der Waals surface area contributed by atoms with Gasteiger partial charge in [0.1, 0.15) is 5.82 Å². The number of hydrogen-bond acceptors (Lipinski definition) is 1. The zero-order valence-corrected chi connectivity index (χ0v) is 13.3. The van der Waals surface area contributed by atoms with Crippen LogP contribution in [0.2, 0.25) is 0 Å². The topological polar surface area (TPSA) is 12.9 Å². The van der Waals surface area contributed by atoms with Crippen LogP contribution in [0.3, 0.4) is 0 Å². The quantitative estimate of drug-likeness (QED) is 0.279. The van der Waals surface area contributed by atoms with Crippen molar-refractivity contribution in [2.45, 2.75) is 0 Å². The smallest absolute Gasteiger partial charge is 0.200 e. The highest BCUT2D eigenvalue weighted by Crippen LogP contribution is 2.35. The molecule has 0 fully saturated rings. The molecule has 1 heterocycles. The highest BCUT2D eigenvalue weighted by Gasteiger charge is 2.30. The van der Waals surface area contributed by atoms with Crippen molar-refractivity contribution in [1.82, 2.24) is 4.98 Å². The number of nitrogens with zero attached hydrogens (tertiary/aromatic N) is 1. The lowest BCUT2D eigenvalue weighted by Gasteiger charge is -2.11. The summed E-state index contributed by atoms with van der Waals surface area (Å²) in [6.45, 7) is 0. The van der Waals surface area contributed by atoms with Gasteiger partial charge >= 0.3 is 0 Å². The Hall–Kier alpha value is -3.18. The van der Waals surface area contributed by atoms with Gasteiger partial charge in [-0.2, -0.15) is 0 Å². The van der Waals surface area contributed by atoms with Gasteiger partial charge in [0.25, 0.3) is 0 Å². The number of halogens is 11. The number of benzene rings is 2. The van der Waals surface area contributed by atoms with Gasteiger partial charge in [-0.05, 0) is 0 Å². The van der Waals surface area contributed by atoms with Crippen molar-refractivity contribution in [2.24, 2.45) is 0 Å². The van der Waals surface area contributed by atoms with Gasteiger partial charge in [-0.25, -0.2) is 53.3 Å². The molecule has 0 aliphatic carbocycles. The van der Waals surface area contributed by atoms with Crippen LogP contribution in [0.25, 0.3) is 22.5 Å². The van der Waals surface area contributed by atoms with Crippen molar-refractivity contribution < 1.29 is 48.3 Å². The van der Waals surface area contributed by atoms with E-state index < -0.39 is 86.5 Å². The fourth-order valence-electron chi connectivity index (χ4n) is 2.41. The van der Waals surface area contributed by atoms with Crippen molar-refractivity contribution in [3.05, 3.63) is 76.1 Å². The Bertz CT molecular complexity index is 1030. The van der Waals surface area contributed by atoms with E-state index >= 15 is 0 Å². The summed E-state index contributed by atoms with van der Waals surface area (Å²) >= 11 is 0. The molecule has 0 amide bonds. The van der Waals surface area contributed by atoms with Crippen molar-refractivity contribution in [2.75, 3.05) is 0 Å². The van der Waals surface area contributed by atoms with E-state index in [4.69, 9.17) is 0 Å². The molecule has 0 aliphatic heterocycles. The molecule has 1 nitrogen and oxygen atoms in total. The summed E-state index contributed by atoms with van der Waals surface area (Å²) < 4.78 is 149. The molecule has 2 aromatic carbocycles. The largest absolute Gasteiger partial charge is 0.247 e. The highest BCUT2D eigenvalue weighted by molar-refractivity contribution is 5.68. The average Bonchev–Trinajstić information content (AvgIpc) is 2.67. The average molecular weight is 429 g/mol. The molecule has 0 unspecified atom stereocenters. The van der Waals surface area contributed by atoms with Gasteiger partial charge in [0, 0.05) is 12.1 Å². The van der Waals surface area contributed by atoms with Gasteiger partial charge in [-0.1, -0.05) is 0 Å². The van der Waals surface area contributed by atoms with Gasteiger partial charge in [0.05, 0.1) is 22.5 Å². The number of hydrogen-bond donors (Lipinski definition) is 0. The molecule has 3 aromatic rings. The van der Waals surface area contributed by atoms with Crippen LogP contribution in [0.4, 0.5) is 48.3 Å². The first-order chi connectivity index (χ1) is 13.5. The lowest BCUT2D eigenvalue weighted by Crippen LogP contribution is -2.07. The van der Waals surface area contributed by atoms with Crippen molar-refractivity contribution in [3.8, 4) is 22.5 Å². The summed E-state index contributed by atoms with van der Waals surface area (Å²) in [5.41, 5.74) is -6.24. The summed E-state index contributed by atoms with van der Waals surface area (Å²) in [5.74, 6) is -26.2. The van der Waals surface area contributed by atoms with E-state index in [1.807, 2.05) is 0 Å². The van der Waals surface area contributed by atoms with Crippen LogP contribution in [0.5, 0.6) is 0 Å². The molecular weight excluding hydrogens is 427 g/mol. The Labute approximate surface area is 153 Å². The summed E-state index contributed by atoms with van der Waals surface area (Å²) in [7, 11) is 0. The normalized spacial score (nSPS) is 11.3. The fraction of sp³-hybridized carbons (Fsp3) is 0. The second-order valence-electron chi connectivity index (χ2n) is 5.45. The summed E-state index contributed by atoms with van der Waals surface area (Å²) in [6, 6.07) is 0.266. The van der Waals surface area contributed by atoms with Crippen LogP contribution < -0.4 is 0 Å². The molecule has 29 heavy (non-hydrogen) atoms. The Morgan fingerprint density at radius 1 is 0.379 bits per heavy atom. The van der Waals surface area contributed by atoms with Crippen molar-refractivity contribution >= 4 is 0 Å². The van der Waals surface area contributed by atoms with Crippen LogP contribution in [-0.4, -0.2) is 4.98 Å². The zero-order valence-electron chi connectivity index (χ0n) is 13.3. The lowest BCUT2D eigenvalue weighted by molar-refractivity contribution is 0.380. The zero-order chi connectivity index (χ0) is 21.8. The van der Waals surface area contributed by atoms with Crippen molar-refractivity contribution in [3.63, 3.8) is 0 Å². The molecule has 0 atom stereocenters. The first kappa shape index (κ1) is 20.6. The molecule has 0 radical (unpaired) electrons. The molecular formula is C17H2F11N. The monoisotopic (exact) mass is 429 g/mol. The molecule has 0 aliphatic rings. The Morgan fingerprint density at radius 2 is 0.621 bits per heavy atom. The Balaban J connectivity index is 2.37. The minimum Gasteiger partial charge on any atom is -0.247 e. The van der Waals surface area contributed by atoms with E-state index in [-0.39, 0.29) is 12.1 Å². The van der Waals surface area contributed by atoms with E-state index in [0.717, 1.165) is 0 Å². The summed E-state index contributed by atoms with van der Waals surface area (Å²) in [4.78, 5) is 3.13. The molecule has 0 N–H and O–H groups in total. The first-order valence-corrected chi connectivity index (χ1v) is 7.18. The van der Waals surface area contributed by atoms with Crippen LogP contribution >= 0.6 is 0 Å². The van der Waals surface area contributed by atoms with Crippen LogP contribution in [-0.2, 0) is 0 Å². The molecule has 3 rings (SSSR count). The minimum atomic E-state index is -2.54. The predicted octanol–water partition coefficient (Wildman–Crippen LogP) is 5.95. The van der Waals surface area contributed by atoms with Gasteiger partial charge in [-0.3, -0.25) is 0 Å². The van der Waals surface area contributed by atoms with Crippen LogP contribution in [0.15, 0.2) is 12.1 Å².